The fourth-order valence-electron chi connectivity index (χ4n) is 1.39. The van der Waals surface area contributed by atoms with Crippen LogP contribution < -0.4 is 5.32 Å². The standard InChI is InChI=1S/C10H23NO2S/c1-4-8-11-10(5-2)7-6-9-14(3,12)13/h10-11H,4-9H2,1-3H3. The molecule has 86 valence electrons. The zero-order valence-corrected chi connectivity index (χ0v) is 10.4. The predicted molar refractivity (Wildman–Crippen MR) is 61.3 cm³/mol. The number of rotatable bonds is 8. The highest BCUT2D eigenvalue weighted by Crippen LogP contribution is 2.03. The Hall–Kier alpha value is -0.0900. The molecule has 1 unspecified atom stereocenters. The van der Waals surface area contributed by atoms with E-state index in [4.69, 9.17) is 0 Å². The summed E-state index contributed by atoms with van der Waals surface area (Å²) in [6.07, 6.45) is 5.23. The first-order valence-corrected chi connectivity index (χ1v) is 7.46. The molecule has 0 aliphatic carbocycles. The number of sulfone groups is 1. The highest BCUT2D eigenvalue weighted by molar-refractivity contribution is 7.90. The van der Waals surface area contributed by atoms with Crippen molar-refractivity contribution >= 4 is 9.84 Å². The van der Waals surface area contributed by atoms with Gasteiger partial charge in [0.15, 0.2) is 0 Å². The molecule has 0 aromatic heterocycles. The van der Waals surface area contributed by atoms with Crippen LogP contribution in [0.3, 0.4) is 0 Å². The van der Waals surface area contributed by atoms with Gasteiger partial charge in [0.05, 0.1) is 0 Å². The summed E-state index contributed by atoms with van der Waals surface area (Å²) >= 11 is 0. The number of nitrogens with one attached hydrogen (secondary N) is 1. The molecule has 4 heteroatoms. The lowest BCUT2D eigenvalue weighted by Crippen LogP contribution is -2.29. The Bertz CT molecular complexity index is 224. The van der Waals surface area contributed by atoms with Crippen LogP contribution in [0.4, 0.5) is 0 Å². The molecule has 0 bridgehead atoms. The summed E-state index contributed by atoms with van der Waals surface area (Å²) in [6.45, 7) is 5.29. The topological polar surface area (TPSA) is 46.2 Å². The summed E-state index contributed by atoms with van der Waals surface area (Å²) < 4.78 is 21.8. The van der Waals surface area contributed by atoms with Crippen molar-refractivity contribution in [1.82, 2.24) is 5.32 Å². The van der Waals surface area contributed by atoms with Gasteiger partial charge in [-0.1, -0.05) is 13.8 Å². The van der Waals surface area contributed by atoms with E-state index in [0.717, 1.165) is 32.2 Å². The molecule has 0 aliphatic heterocycles. The minimum Gasteiger partial charge on any atom is -0.314 e. The summed E-state index contributed by atoms with van der Waals surface area (Å²) in [5.74, 6) is 0.317. The van der Waals surface area contributed by atoms with Gasteiger partial charge in [-0.05, 0) is 32.2 Å². The first-order chi connectivity index (χ1) is 6.49. The summed E-state index contributed by atoms with van der Waals surface area (Å²) in [5, 5.41) is 3.41. The number of hydrogen-bond donors (Lipinski definition) is 1. The van der Waals surface area contributed by atoms with Gasteiger partial charge in [-0.3, -0.25) is 0 Å². The molecule has 3 nitrogen and oxygen atoms in total. The molecule has 0 rings (SSSR count). The summed E-state index contributed by atoms with van der Waals surface area (Å²) in [6, 6.07) is 0.483. The molecular formula is C10H23NO2S. The van der Waals surface area contributed by atoms with Gasteiger partial charge in [0.2, 0.25) is 0 Å². The van der Waals surface area contributed by atoms with Gasteiger partial charge >= 0.3 is 0 Å². The van der Waals surface area contributed by atoms with Crippen molar-refractivity contribution in [3.63, 3.8) is 0 Å². The molecule has 0 aromatic rings. The molecule has 0 amide bonds. The van der Waals surface area contributed by atoms with Crippen LogP contribution >= 0.6 is 0 Å². The quantitative estimate of drug-likeness (QED) is 0.677. The van der Waals surface area contributed by atoms with E-state index in [2.05, 4.69) is 19.2 Å². The lowest BCUT2D eigenvalue weighted by atomic mass is 10.1. The van der Waals surface area contributed by atoms with Gasteiger partial charge in [0, 0.05) is 18.1 Å². The van der Waals surface area contributed by atoms with Crippen LogP contribution in [0.1, 0.15) is 39.5 Å². The second-order valence-electron chi connectivity index (χ2n) is 3.83. The smallest absolute Gasteiger partial charge is 0.147 e. The molecule has 0 aliphatic rings. The summed E-state index contributed by atoms with van der Waals surface area (Å²) in [4.78, 5) is 0. The van der Waals surface area contributed by atoms with Gasteiger partial charge in [0.25, 0.3) is 0 Å². The Morgan fingerprint density at radius 2 is 1.93 bits per heavy atom. The fourth-order valence-corrected chi connectivity index (χ4v) is 2.08. The normalized spacial score (nSPS) is 14.2. The molecular weight excluding hydrogens is 198 g/mol. The average molecular weight is 221 g/mol. The van der Waals surface area contributed by atoms with Gasteiger partial charge in [0.1, 0.15) is 9.84 Å². The molecule has 0 heterocycles. The van der Waals surface area contributed by atoms with E-state index >= 15 is 0 Å². The lowest BCUT2D eigenvalue weighted by molar-refractivity contribution is 0.463. The average Bonchev–Trinajstić information content (AvgIpc) is 2.09. The molecule has 0 saturated carbocycles. The SMILES string of the molecule is CCCNC(CC)CCCS(C)(=O)=O. The van der Waals surface area contributed by atoms with Gasteiger partial charge < -0.3 is 5.32 Å². The van der Waals surface area contributed by atoms with Gasteiger partial charge in [-0.2, -0.15) is 0 Å². The van der Waals surface area contributed by atoms with Crippen molar-refractivity contribution < 1.29 is 8.42 Å². The van der Waals surface area contributed by atoms with Crippen LogP contribution in [0.15, 0.2) is 0 Å². The van der Waals surface area contributed by atoms with Crippen LogP contribution in [-0.2, 0) is 9.84 Å². The van der Waals surface area contributed by atoms with Crippen LogP contribution in [-0.4, -0.2) is 33.0 Å². The van der Waals surface area contributed by atoms with E-state index in [9.17, 15) is 8.42 Å². The maximum Gasteiger partial charge on any atom is 0.147 e. The molecule has 14 heavy (non-hydrogen) atoms. The van der Waals surface area contributed by atoms with E-state index in [1.165, 1.54) is 6.26 Å². The summed E-state index contributed by atoms with van der Waals surface area (Å²) in [7, 11) is -2.78. The van der Waals surface area contributed by atoms with E-state index in [0.29, 0.717) is 11.8 Å². The minimum atomic E-state index is -2.78. The lowest BCUT2D eigenvalue weighted by Gasteiger charge is -2.15. The van der Waals surface area contributed by atoms with Crippen molar-refractivity contribution in [2.24, 2.45) is 0 Å². The Morgan fingerprint density at radius 1 is 1.29 bits per heavy atom. The summed E-state index contributed by atoms with van der Waals surface area (Å²) in [5.41, 5.74) is 0. The van der Waals surface area contributed by atoms with Crippen LogP contribution in [0.2, 0.25) is 0 Å². The van der Waals surface area contributed by atoms with E-state index in [-0.39, 0.29) is 0 Å². The maximum atomic E-state index is 10.9. The largest absolute Gasteiger partial charge is 0.314 e. The van der Waals surface area contributed by atoms with Gasteiger partial charge in [-0.15, -0.1) is 0 Å². The van der Waals surface area contributed by atoms with Gasteiger partial charge in [-0.25, -0.2) is 8.42 Å². The van der Waals surface area contributed by atoms with E-state index in [1.807, 2.05) is 0 Å². The van der Waals surface area contributed by atoms with E-state index < -0.39 is 9.84 Å². The van der Waals surface area contributed by atoms with Crippen molar-refractivity contribution in [1.29, 1.82) is 0 Å². The molecule has 0 saturated heterocycles. The van der Waals surface area contributed by atoms with Crippen LogP contribution in [0, 0.1) is 0 Å². The Balaban J connectivity index is 3.62. The molecule has 1 atom stereocenters. The fraction of sp³-hybridized carbons (Fsp3) is 1.00. The van der Waals surface area contributed by atoms with Crippen molar-refractivity contribution in [2.45, 2.75) is 45.6 Å². The predicted octanol–water partition coefficient (Wildman–Crippen LogP) is 1.59. The first kappa shape index (κ1) is 13.9. The molecule has 0 spiro atoms. The van der Waals surface area contributed by atoms with Crippen LogP contribution in [0.5, 0.6) is 0 Å². The molecule has 0 fully saturated rings. The molecule has 1 N–H and O–H groups in total. The maximum absolute atomic E-state index is 10.9. The highest BCUT2D eigenvalue weighted by Gasteiger charge is 2.07. The third-order valence-corrected chi connectivity index (χ3v) is 3.27. The van der Waals surface area contributed by atoms with E-state index in [1.54, 1.807) is 0 Å². The van der Waals surface area contributed by atoms with Crippen molar-refractivity contribution in [3.05, 3.63) is 0 Å². The monoisotopic (exact) mass is 221 g/mol. The second kappa shape index (κ2) is 7.23. The van der Waals surface area contributed by atoms with Crippen molar-refractivity contribution in [2.75, 3.05) is 18.6 Å². The molecule has 0 aromatic carbocycles. The molecule has 0 radical (unpaired) electrons. The Labute approximate surface area is 88.2 Å². The zero-order valence-electron chi connectivity index (χ0n) is 9.54. The third-order valence-electron chi connectivity index (χ3n) is 2.24. The minimum absolute atomic E-state index is 0.317. The number of hydrogen-bond acceptors (Lipinski definition) is 3. The van der Waals surface area contributed by atoms with Crippen LogP contribution in [0.25, 0.3) is 0 Å². The zero-order chi connectivity index (χ0) is 11.0. The third kappa shape index (κ3) is 8.51. The second-order valence-corrected chi connectivity index (χ2v) is 6.09. The highest BCUT2D eigenvalue weighted by atomic mass is 32.2. The first-order valence-electron chi connectivity index (χ1n) is 5.40. The Morgan fingerprint density at radius 3 is 2.36 bits per heavy atom. The Kier molecular flexibility index (Phi) is 7.19. The van der Waals surface area contributed by atoms with Crippen molar-refractivity contribution in [3.8, 4) is 0 Å².